The van der Waals surface area contributed by atoms with E-state index < -0.39 is 16.9 Å². The highest BCUT2D eigenvalue weighted by molar-refractivity contribution is 6.34. The highest BCUT2D eigenvalue weighted by Gasteiger charge is 2.21. The average Bonchev–Trinajstić information content (AvgIpc) is 3.19. The molecule has 8 nitrogen and oxygen atoms in total. The number of nitrogens with zero attached hydrogens (tertiary/aromatic N) is 2. The highest BCUT2D eigenvalue weighted by Crippen LogP contribution is 2.34. The number of ether oxygens (including phenoxy) is 1. The van der Waals surface area contributed by atoms with E-state index in [1.165, 1.54) is 25.1 Å². The molecular weight excluding hydrogens is 422 g/mol. The third-order valence-electron chi connectivity index (χ3n) is 4.49. The molecule has 0 radical (unpaired) electrons. The molecule has 1 amide bonds. The van der Waals surface area contributed by atoms with Gasteiger partial charge in [-0.15, -0.1) is 0 Å². The number of fused-ring (bicyclic) bond motifs is 1. The minimum absolute atomic E-state index is 0.0537. The number of halogens is 1. The number of rotatable bonds is 6. The van der Waals surface area contributed by atoms with Crippen molar-refractivity contribution >= 4 is 40.0 Å². The van der Waals surface area contributed by atoms with Gasteiger partial charge in [0.15, 0.2) is 16.7 Å². The Morgan fingerprint density at radius 2 is 1.94 bits per heavy atom. The molecule has 1 aromatic heterocycles. The first-order chi connectivity index (χ1) is 14.9. The summed E-state index contributed by atoms with van der Waals surface area (Å²) < 4.78 is 11.3. The fraction of sp³-hybridized carbons (Fsp3) is 0.0909. The normalized spacial score (nSPS) is 11.8. The molecule has 3 aromatic carbocycles. The number of hydrogen-bond donors (Lipinski definition) is 1. The van der Waals surface area contributed by atoms with E-state index in [1.54, 1.807) is 18.2 Å². The van der Waals surface area contributed by atoms with Crippen molar-refractivity contribution in [2.75, 3.05) is 5.32 Å². The van der Waals surface area contributed by atoms with E-state index >= 15 is 0 Å². The van der Waals surface area contributed by atoms with Gasteiger partial charge in [-0.05, 0) is 43.3 Å². The van der Waals surface area contributed by atoms with Crippen molar-refractivity contribution in [3.8, 4) is 17.2 Å². The molecule has 0 aliphatic heterocycles. The van der Waals surface area contributed by atoms with Crippen molar-refractivity contribution in [3.63, 3.8) is 0 Å². The fourth-order valence-corrected chi connectivity index (χ4v) is 3.17. The topological polar surface area (TPSA) is 108 Å². The number of hydrogen-bond acceptors (Lipinski definition) is 6. The van der Waals surface area contributed by atoms with E-state index in [4.69, 9.17) is 20.8 Å². The number of carbonyl (C=O) groups is 1. The number of aromatic nitrogens is 1. The van der Waals surface area contributed by atoms with Crippen LogP contribution in [0.5, 0.6) is 5.75 Å². The summed E-state index contributed by atoms with van der Waals surface area (Å²) in [5.41, 5.74) is 2.24. The molecule has 1 heterocycles. The molecule has 0 aliphatic carbocycles. The molecule has 0 bridgehead atoms. The number of nitrogens with one attached hydrogen (secondary N) is 1. The first kappa shape index (κ1) is 20.4. The molecule has 4 rings (SSSR count). The smallest absolute Gasteiger partial charge is 0.291 e. The lowest BCUT2D eigenvalue weighted by atomic mass is 10.2. The fourth-order valence-electron chi connectivity index (χ4n) is 2.93. The van der Waals surface area contributed by atoms with Crippen LogP contribution in [0.25, 0.3) is 22.6 Å². The second kappa shape index (κ2) is 8.45. The number of oxazole rings is 1. The zero-order valence-electron chi connectivity index (χ0n) is 16.2. The van der Waals surface area contributed by atoms with Gasteiger partial charge in [-0.25, -0.2) is 4.98 Å². The lowest BCUT2D eigenvalue weighted by molar-refractivity contribution is -0.384. The first-order valence-electron chi connectivity index (χ1n) is 9.29. The Kier molecular flexibility index (Phi) is 5.55. The Balaban J connectivity index is 1.49. The molecule has 9 heteroatoms. The summed E-state index contributed by atoms with van der Waals surface area (Å²) in [7, 11) is 0. The minimum Gasteiger partial charge on any atom is -0.479 e. The van der Waals surface area contributed by atoms with E-state index in [2.05, 4.69) is 10.3 Å². The highest BCUT2D eigenvalue weighted by atomic mass is 35.5. The van der Waals surface area contributed by atoms with E-state index in [0.29, 0.717) is 22.7 Å². The van der Waals surface area contributed by atoms with Gasteiger partial charge in [0, 0.05) is 17.3 Å². The molecule has 4 aromatic rings. The molecule has 0 fully saturated rings. The van der Waals surface area contributed by atoms with Crippen LogP contribution in [0.4, 0.5) is 11.4 Å². The lowest BCUT2D eigenvalue weighted by Gasteiger charge is -2.15. The van der Waals surface area contributed by atoms with Crippen LogP contribution >= 0.6 is 11.6 Å². The van der Waals surface area contributed by atoms with Gasteiger partial charge < -0.3 is 14.5 Å². The zero-order chi connectivity index (χ0) is 22.0. The average molecular weight is 438 g/mol. The van der Waals surface area contributed by atoms with E-state index in [1.807, 2.05) is 30.3 Å². The summed E-state index contributed by atoms with van der Waals surface area (Å²) in [6, 6.07) is 18.7. The summed E-state index contributed by atoms with van der Waals surface area (Å²) in [5.74, 6) is 0.0859. The summed E-state index contributed by atoms with van der Waals surface area (Å²) in [5, 5.41) is 13.6. The number of carbonyl (C=O) groups excluding carboxylic acids is 1. The number of nitro benzene ring substituents is 1. The lowest BCUT2D eigenvalue weighted by Crippen LogP contribution is -2.30. The van der Waals surface area contributed by atoms with Gasteiger partial charge in [0.05, 0.1) is 4.92 Å². The van der Waals surface area contributed by atoms with Crippen LogP contribution in [0.2, 0.25) is 5.02 Å². The van der Waals surface area contributed by atoms with Gasteiger partial charge in [-0.3, -0.25) is 14.9 Å². The van der Waals surface area contributed by atoms with Crippen LogP contribution in [0.3, 0.4) is 0 Å². The van der Waals surface area contributed by atoms with Crippen molar-refractivity contribution < 1.29 is 18.9 Å². The van der Waals surface area contributed by atoms with Crippen molar-refractivity contribution in [1.29, 1.82) is 0 Å². The third-order valence-corrected chi connectivity index (χ3v) is 4.87. The zero-order valence-corrected chi connectivity index (χ0v) is 17.0. The van der Waals surface area contributed by atoms with Crippen molar-refractivity contribution in [1.82, 2.24) is 4.98 Å². The number of nitro groups is 1. The molecule has 0 saturated heterocycles. The third kappa shape index (κ3) is 4.34. The van der Waals surface area contributed by atoms with E-state index in [9.17, 15) is 14.9 Å². The Hall–Kier alpha value is -3.91. The largest absolute Gasteiger partial charge is 0.479 e. The first-order valence-corrected chi connectivity index (χ1v) is 9.66. The number of amides is 1. The van der Waals surface area contributed by atoms with Gasteiger partial charge in [-0.2, -0.15) is 0 Å². The monoisotopic (exact) mass is 437 g/mol. The molecule has 1 atom stereocenters. The van der Waals surface area contributed by atoms with Crippen LogP contribution in [-0.4, -0.2) is 21.9 Å². The van der Waals surface area contributed by atoms with E-state index in [0.717, 1.165) is 5.56 Å². The maximum atomic E-state index is 12.6. The van der Waals surface area contributed by atoms with Crippen LogP contribution in [0.15, 0.2) is 71.1 Å². The predicted octanol–water partition coefficient (Wildman–Crippen LogP) is 5.46. The Morgan fingerprint density at radius 3 is 2.68 bits per heavy atom. The van der Waals surface area contributed by atoms with Crippen LogP contribution in [0.1, 0.15) is 6.92 Å². The molecular formula is C22H16ClN3O5. The van der Waals surface area contributed by atoms with Gasteiger partial charge in [0.25, 0.3) is 11.6 Å². The standard InChI is InChI=1S/C22H16ClN3O5/c1-13(30-19-9-5-8-17(20(19)23)26(28)29)21(27)24-15-10-11-18-16(12-15)25-22(31-18)14-6-3-2-4-7-14/h2-13H,1H3,(H,24,27)/t13-/m1/s1. The molecule has 0 saturated carbocycles. The number of benzene rings is 3. The van der Waals surface area contributed by atoms with Crippen molar-refractivity contribution in [3.05, 3.63) is 81.9 Å². The maximum absolute atomic E-state index is 12.6. The van der Waals surface area contributed by atoms with Crippen molar-refractivity contribution in [2.24, 2.45) is 0 Å². The summed E-state index contributed by atoms with van der Waals surface area (Å²) in [6.07, 6.45) is -0.951. The summed E-state index contributed by atoms with van der Waals surface area (Å²) in [6.45, 7) is 1.52. The maximum Gasteiger partial charge on any atom is 0.291 e. The van der Waals surface area contributed by atoms with Crippen LogP contribution in [0, 0.1) is 10.1 Å². The van der Waals surface area contributed by atoms with E-state index in [-0.39, 0.29) is 16.5 Å². The summed E-state index contributed by atoms with van der Waals surface area (Å²) in [4.78, 5) is 27.4. The molecule has 0 aliphatic rings. The SMILES string of the molecule is C[C@@H](Oc1cccc([N+](=O)[O-])c1Cl)C(=O)Nc1ccc2oc(-c3ccccc3)nc2c1. The van der Waals surface area contributed by atoms with Gasteiger partial charge in [-0.1, -0.05) is 35.9 Å². The Bertz CT molecular complexity index is 1270. The molecule has 1 N–H and O–H groups in total. The molecule has 0 spiro atoms. The number of anilines is 1. The van der Waals surface area contributed by atoms with Gasteiger partial charge >= 0.3 is 0 Å². The second-order valence-corrected chi connectivity index (χ2v) is 7.04. The van der Waals surface area contributed by atoms with Crippen LogP contribution in [-0.2, 0) is 4.79 Å². The van der Waals surface area contributed by atoms with Crippen molar-refractivity contribution in [2.45, 2.75) is 13.0 Å². The quantitative estimate of drug-likeness (QED) is 0.317. The molecule has 0 unspecified atom stereocenters. The van der Waals surface area contributed by atoms with Gasteiger partial charge in [0.1, 0.15) is 11.3 Å². The summed E-state index contributed by atoms with van der Waals surface area (Å²) >= 11 is 6.01. The minimum atomic E-state index is -0.951. The molecule has 156 valence electrons. The Labute approximate surface area is 181 Å². The second-order valence-electron chi connectivity index (χ2n) is 6.66. The van der Waals surface area contributed by atoms with Gasteiger partial charge in [0.2, 0.25) is 5.89 Å². The molecule has 31 heavy (non-hydrogen) atoms. The predicted molar refractivity (Wildman–Crippen MR) is 116 cm³/mol. The van der Waals surface area contributed by atoms with Crippen LogP contribution < -0.4 is 10.1 Å². The Morgan fingerprint density at radius 1 is 1.16 bits per heavy atom.